The van der Waals surface area contributed by atoms with Crippen LogP contribution in [-0.4, -0.2) is 16.0 Å². The standard InChI is InChI=1S/C22H12ClF5N4O2/c23-15-3-1-11(7-14(15)22(26,27)28)31-21(33)32-12-8-16(24)20(17(25)9-12)34-13-2-4-18-19(10-13)30-6-5-29-18/h1-10H,(H2,31,32,33). The summed E-state index contributed by atoms with van der Waals surface area (Å²) in [4.78, 5) is 20.3. The predicted octanol–water partition coefficient (Wildman–Crippen LogP) is 7.02. The van der Waals surface area contributed by atoms with Gasteiger partial charge >= 0.3 is 12.2 Å². The van der Waals surface area contributed by atoms with E-state index in [4.69, 9.17) is 16.3 Å². The van der Waals surface area contributed by atoms with Gasteiger partial charge in [0.05, 0.1) is 21.6 Å². The van der Waals surface area contributed by atoms with Crippen molar-refractivity contribution < 1.29 is 31.5 Å². The molecule has 0 aliphatic rings. The van der Waals surface area contributed by atoms with E-state index in [0.717, 1.165) is 24.3 Å². The summed E-state index contributed by atoms with van der Waals surface area (Å²) in [6.45, 7) is 0. The quantitative estimate of drug-likeness (QED) is 0.299. The Hall–Kier alpha value is -3.99. The van der Waals surface area contributed by atoms with Crippen molar-refractivity contribution in [3.8, 4) is 11.5 Å². The van der Waals surface area contributed by atoms with Crippen LogP contribution in [0.2, 0.25) is 5.02 Å². The lowest BCUT2D eigenvalue weighted by molar-refractivity contribution is -0.137. The molecule has 34 heavy (non-hydrogen) atoms. The molecule has 0 atom stereocenters. The number of aromatic nitrogens is 2. The molecule has 0 radical (unpaired) electrons. The van der Waals surface area contributed by atoms with E-state index in [9.17, 15) is 26.7 Å². The van der Waals surface area contributed by atoms with Gasteiger partial charge in [-0.15, -0.1) is 0 Å². The van der Waals surface area contributed by atoms with Crippen LogP contribution in [0, 0.1) is 11.6 Å². The fourth-order valence-electron chi connectivity index (χ4n) is 2.97. The normalized spacial score (nSPS) is 11.4. The second-order valence-electron chi connectivity index (χ2n) is 6.85. The van der Waals surface area contributed by atoms with Crippen LogP contribution in [0.4, 0.5) is 38.1 Å². The van der Waals surface area contributed by atoms with Crippen LogP contribution < -0.4 is 15.4 Å². The predicted molar refractivity (Wildman–Crippen MR) is 115 cm³/mol. The molecule has 6 nitrogen and oxygen atoms in total. The van der Waals surface area contributed by atoms with E-state index < -0.39 is 40.2 Å². The van der Waals surface area contributed by atoms with Gasteiger partial charge in [0.2, 0.25) is 0 Å². The number of benzene rings is 3. The van der Waals surface area contributed by atoms with E-state index in [0.29, 0.717) is 17.1 Å². The lowest BCUT2D eigenvalue weighted by Crippen LogP contribution is -2.20. The number of hydrogen-bond acceptors (Lipinski definition) is 4. The number of halogens is 6. The Morgan fingerprint density at radius 3 is 2.18 bits per heavy atom. The molecule has 0 unspecified atom stereocenters. The molecule has 0 saturated heterocycles. The second kappa shape index (κ2) is 9.10. The number of alkyl halides is 3. The van der Waals surface area contributed by atoms with Crippen molar-refractivity contribution in [1.29, 1.82) is 0 Å². The minimum absolute atomic E-state index is 0.104. The first-order valence-electron chi connectivity index (χ1n) is 9.42. The Morgan fingerprint density at radius 2 is 1.50 bits per heavy atom. The number of amides is 2. The summed E-state index contributed by atoms with van der Waals surface area (Å²) >= 11 is 5.53. The maximum atomic E-state index is 14.5. The molecule has 174 valence electrons. The maximum absolute atomic E-state index is 14.5. The second-order valence-corrected chi connectivity index (χ2v) is 7.26. The van der Waals surface area contributed by atoms with Gasteiger partial charge in [-0.05, 0) is 30.3 Å². The number of carbonyl (C=O) groups excluding carboxylic acids is 1. The number of ether oxygens (including phenoxy) is 1. The lowest BCUT2D eigenvalue weighted by Gasteiger charge is -2.13. The zero-order valence-electron chi connectivity index (χ0n) is 16.8. The number of rotatable bonds is 4. The third kappa shape index (κ3) is 5.15. The molecule has 2 N–H and O–H groups in total. The molecular weight excluding hydrogens is 483 g/mol. The highest BCUT2D eigenvalue weighted by Crippen LogP contribution is 2.36. The van der Waals surface area contributed by atoms with Crippen LogP contribution >= 0.6 is 11.6 Å². The third-order valence-electron chi connectivity index (χ3n) is 4.45. The SMILES string of the molecule is O=C(Nc1cc(F)c(Oc2ccc3nccnc3c2)c(F)c1)Nc1ccc(Cl)c(C(F)(F)F)c1. The zero-order valence-corrected chi connectivity index (χ0v) is 17.5. The zero-order chi connectivity index (χ0) is 24.5. The Kier molecular flexibility index (Phi) is 6.20. The van der Waals surface area contributed by atoms with Crippen molar-refractivity contribution in [3.63, 3.8) is 0 Å². The van der Waals surface area contributed by atoms with E-state index in [1.54, 1.807) is 6.07 Å². The molecule has 0 fully saturated rings. The fraction of sp³-hybridized carbons (Fsp3) is 0.0455. The first-order valence-corrected chi connectivity index (χ1v) is 9.80. The first kappa shape index (κ1) is 23.2. The summed E-state index contributed by atoms with van der Waals surface area (Å²) in [5, 5.41) is 3.74. The summed E-state index contributed by atoms with van der Waals surface area (Å²) in [6, 6.07) is 7.76. The number of hydrogen-bond donors (Lipinski definition) is 2. The highest BCUT2D eigenvalue weighted by Gasteiger charge is 2.33. The van der Waals surface area contributed by atoms with Gasteiger partial charge in [0.25, 0.3) is 0 Å². The number of nitrogens with one attached hydrogen (secondary N) is 2. The number of fused-ring (bicyclic) bond motifs is 1. The van der Waals surface area contributed by atoms with Crippen LogP contribution in [0.3, 0.4) is 0 Å². The monoisotopic (exact) mass is 494 g/mol. The minimum Gasteiger partial charge on any atom is -0.451 e. The first-order chi connectivity index (χ1) is 16.1. The number of carbonyl (C=O) groups is 1. The molecule has 0 aliphatic carbocycles. The summed E-state index contributed by atoms with van der Waals surface area (Å²) in [6.07, 6.45) is -1.79. The highest BCUT2D eigenvalue weighted by atomic mass is 35.5. The molecule has 2 amide bonds. The third-order valence-corrected chi connectivity index (χ3v) is 4.78. The summed E-state index contributed by atoms with van der Waals surface area (Å²) in [7, 11) is 0. The Morgan fingerprint density at radius 1 is 0.853 bits per heavy atom. The Balaban J connectivity index is 1.49. The maximum Gasteiger partial charge on any atom is 0.417 e. The molecule has 0 saturated carbocycles. The molecule has 3 aromatic carbocycles. The topological polar surface area (TPSA) is 76.1 Å². The van der Waals surface area contributed by atoms with Gasteiger partial charge < -0.3 is 15.4 Å². The van der Waals surface area contributed by atoms with E-state index in [1.165, 1.54) is 24.5 Å². The van der Waals surface area contributed by atoms with E-state index in [1.807, 2.05) is 0 Å². The van der Waals surface area contributed by atoms with Crippen LogP contribution in [-0.2, 0) is 6.18 Å². The highest BCUT2D eigenvalue weighted by molar-refractivity contribution is 6.31. The fourth-order valence-corrected chi connectivity index (χ4v) is 3.19. The molecule has 0 aliphatic heterocycles. The van der Waals surface area contributed by atoms with Crippen LogP contribution in [0.15, 0.2) is 60.9 Å². The van der Waals surface area contributed by atoms with Gasteiger partial charge in [0.1, 0.15) is 5.75 Å². The molecule has 1 aromatic heterocycles. The van der Waals surface area contributed by atoms with E-state index in [2.05, 4.69) is 20.6 Å². The van der Waals surface area contributed by atoms with Crippen LogP contribution in [0.25, 0.3) is 11.0 Å². The van der Waals surface area contributed by atoms with Crippen molar-refractivity contribution >= 4 is 40.0 Å². The van der Waals surface area contributed by atoms with Gasteiger partial charge in [-0.1, -0.05) is 11.6 Å². The number of urea groups is 1. The van der Waals surface area contributed by atoms with Crippen molar-refractivity contribution in [3.05, 3.63) is 83.1 Å². The molecule has 0 spiro atoms. The summed E-state index contributed by atoms with van der Waals surface area (Å²) < 4.78 is 73.2. The smallest absolute Gasteiger partial charge is 0.417 e. The molecule has 4 rings (SSSR count). The Labute approximate surface area is 193 Å². The van der Waals surface area contributed by atoms with E-state index in [-0.39, 0.29) is 17.1 Å². The van der Waals surface area contributed by atoms with Crippen molar-refractivity contribution in [2.75, 3.05) is 10.6 Å². The molecule has 0 bridgehead atoms. The Bertz CT molecular complexity index is 1370. The van der Waals surface area contributed by atoms with Crippen molar-refractivity contribution in [2.45, 2.75) is 6.18 Å². The molecular formula is C22H12ClF5N4O2. The number of nitrogens with zero attached hydrogens (tertiary/aromatic N) is 2. The van der Waals surface area contributed by atoms with Crippen LogP contribution in [0.1, 0.15) is 5.56 Å². The molecule has 12 heteroatoms. The average molecular weight is 495 g/mol. The minimum atomic E-state index is -4.73. The van der Waals surface area contributed by atoms with Gasteiger partial charge in [0.15, 0.2) is 17.4 Å². The molecule has 4 aromatic rings. The van der Waals surface area contributed by atoms with E-state index >= 15 is 0 Å². The summed E-state index contributed by atoms with van der Waals surface area (Å²) in [5.41, 5.74) is -0.662. The number of anilines is 2. The van der Waals surface area contributed by atoms with Gasteiger partial charge in [-0.2, -0.15) is 13.2 Å². The van der Waals surface area contributed by atoms with Gasteiger partial charge in [0, 0.05) is 42.0 Å². The summed E-state index contributed by atoms with van der Waals surface area (Å²) in [5.74, 6) is -2.87. The van der Waals surface area contributed by atoms with Gasteiger partial charge in [-0.3, -0.25) is 9.97 Å². The molecule has 1 heterocycles. The average Bonchev–Trinajstić information content (AvgIpc) is 2.76. The van der Waals surface area contributed by atoms with Crippen molar-refractivity contribution in [1.82, 2.24) is 9.97 Å². The largest absolute Gasteiger partial charge is 0.451 e. The van der Waals surface area contributed by atoms with Crippen LogP contribution in [0.5, 0.6) is 11.5 Å². The lowest BCUT2D eigenvalue weighted by atomic mass is 10.2. The van der Waals surface area contributed by atoms with Gasteiger partial charge in [-0.25, -0.2) is 13.6 Å². The van der Waals surface area contributed by atoms with Crippen molar-refractivity contribution in [2.24, 2.45) is 0 Å².